The third kappa shape index (κ3) is 16.6. The molecule has 0 aromatic heterocycles. The third-order valence-corrected chi connectivity index (χ3v) is 10.0. The number of nitrogens with zero attached hydrogens (tertiary/aromatic N) is 2. The van der Waals surface area contributed by atoms with Crippen LogP contribution in [0.15, 0.2) is 200 Å². The maximum atomic E-state index is 5.21. The Kier molecular flexibility index (Phi) is 19.7. The molecular weight excluding hydrogens is 826 g/mol. The normalized spacial score (nSPS) is 10.4. The molecule has 268 valence electrons. The van der Waals surface area contributed by atoms with Gasteiger partial charge in [0, 0.05) is 25.8 Å². The maximum absolute atomic E-state index is 5.21. The summed E-state index contributed by atoms with van der Waals surface area (Å²) in [5.74, 6) is -0.166. The summed E-state index contributed by atoms with van der Waals surface area (Å²) in [4.78, 5) is 0. The van der Waals surface area contributed by atoms with Crippen LogP contribution in [0.3, 0.4) is 0 Å². The van der Waals surface area contributed by atoms with E-state index >= 15 is 0 Å². The van der Waals surface area contributed by atoms with E-state index in [0.29, 0.717) is 6.54 Å². The molecule has 7 aromatic rings. The van der Waals surface area contributed by atoms with E-state index in [0.717, 1.165) is 22.4 Å². The molecule has 0 saturated carbocycles. The van der Waals surface area contributed by atoms with Crippen LogP contribution in [0.1, 0.15) is 33.4 Å². The average Bonchev–Trinajstić information content (AvgIpc) is 3.17. The molecule has 0 bridgehead atoms. The summed E-state index contributed by atoms with van der Waals surface area (Å²) < 4.78 is 0. The van der Waals surface area contributed by atoms with Crippen LogP contribution >= 0.6 is 7.92 Å². The van der Waals surface area contributed by atoms with E-state index in [1.807, 2.05) is 97.1 Å². The second-order valence-electron chi connectivity index (χ2n) is 12.1. The van der Waals surface area contributed by atoms with Gasteiger partial charge >= 0.3 is 0 Å². The van der Waals surface area contributed by atoms with Crippen molar-refractivity contribution >= 4 is 24.2 Å². The zero-order valence-electron chi connectivity index (χ0n) is 30.8. The first-order valence-corrected chi connectivity index (χ1v) is 18.8. The Morgan fingerprint density at radius 2 is 0.774 bits per heavy atom. The second kappa shape index (κ2) is 24.5. The van der Waals surface area contributed by atoms with Gasteiger partial charge < -0.3 is 10.6 Å². The van der Waals surface area contributed by atoms with E-state index in [2.05, 4.69) is 138 Å². The molecule has 0 aliphatic rings. The Morgan fingerprint density at radius 3 is 1.09 bits per heavy atom. The first-order chi connectivity index (χ1) is 25.4. The third-order valence-electron chi connectivity index (χ3n) is 7.58. The minimum Gasteiger partial charge on any atom is -0.695 e. The van der Waals surface area contributed by atoms with Gasteiger partial charge in [-0.3, -0.25) is 0 Å². The monoisotopic (exact) mass is 875 g/mol. The maximum Gasteiger partial charge on any atom is 0 e. The average molecular weight is 874 g/mol. The van der Waals surface area contributed by atoms with Crippen molar-refractivity contribution in [1.82, 2.24) is 0 Å². The molecule has 0 amide bonds. The molecule has 0 spiro atoms. The molecule has 0 radical (unpaired) electrons. The second-order valence-corrected chi connectivity index (χ2v) is 14.4. The zero-order chi connectivity index (χ0) is 36.8. The predicted octanol–water partition coefficient (Wildman–Crippen LogP) is 12.9. The number of rotatable bonds is 8. The Bertz CT molecular complexity index is 1790. The fourth-order valence-electron chi connectivity index (χ4n) is 5.14. The van der Waals surface area contributed by atoms with Crippen LogP contribution in [0.5, 0.6) is 0 Å². The summed E-state index contributed by atoms with van der Waals surface area (Å²) in [5, 5.41) is 13.0. The first-order valence-electron chi connectivity index (χ1n) is 17.4. The van der Waals surface area contributed by atoms with Crippen LogP contribution in [-0.2, 0) is 32.4 Å². The van der Waals surface area contributed by atoms with Crippen molar-refractivity contribution in [1.29, 1.82) is 0 Å². The number of hydrogen-bond donors (Lipinski definition) is 0. The molecule has 0 fully saturated rings. The number of hydrogen-bond acceptors (Lipinski definition) is 0. The molecule has 7 rings (SSSR count). The van der Waals surface area contributed by atoms with Gasteiger partial charge in [0.05, 0.1) is 0 Å². The van der Waals surface area contributed by atoms with Crippen molar-refractivity contribution in [3.05, 3.63) is 265 Å². The molecule has 0 aliphatic heterocycles. The van der Waals surface area contributed by atoms with E-state index in [9.17, 15) is 0 Å². The molecule has 2 nitrogen and oxygen atoms in total. The fraction of sp³-hybridized carbons (Fsp3) is 0.0816. The zero-order valence-corrected chi connectivity index (χ0v) is 35.3. The topological polar surface area (TPSA) is 28.2 Å². The quantitative estimate of drug-likeness (QED) is 0.0827. The van der Waals surface area contributed by atoms with Gasteiger partial charge in [-0.05, 0) is 24.5 Å². The molecular formula is C49H48HfN2P-5. The Hall–Kier alpha value is -4.79. The van der Waals surface area contributed by atoms with Crippen LogP contribution in [0, 0.1) is 34.6 Å². The predicted molar refractivity (Wildman–Crippen MR) is 228 cm³/mol. The van der Waals surface area contributed by atoms with Gasteiger partial charge in [0.15, 0.2) is 0 Å². The van der Waals surface area contributed by atoms with Gasteiger partial charge in [-0.2, -0.15) is 79.8 Å². The summed E-state index contributed by atoms with van der Waals surface area (Å²) in [5.41, 5.74) is 7.87. The van der Waals surface area contributed by atoms with Crippen molar-refractivity contribution in [2.45, 2.75) is 26.3 Å². The summed E-state index contributed by atoms with van der Waals surface area (Å²) in [6, 6.07) is 68.0. The minimum atomic E-state index is -0.787. The van der Waals surface area contributed by atoms with Crippen LogP contribution in [0.25, 0.3) is 10.6 Å². The molecule has 0 saturated heterocycles. The number of aryl methyl sites for hydroxylation is 2. The van der Waals surface area contributed by atoms with Crippen LogP contribution in [-0.4, -0.2) is 5.91 Å². The van der Waals surface area contributed by atoms with E-state index in [-0.39, 0.29) is 31.8 Å². The molecule has 7 aromatic carbocycles. The SMILES string of the molecule is Cc1cc(C)cc([N-]C([N-]Cc2ccccc2)P(c2ccccc2)c2ccccc2)c1.[CH2-]c1ccccc1.[CH2-]c1ccccc1.[CH2-]c1ccccc1.[Hf]. The van der Waals surface area contributed by atoms with Gasteiger partial charge in [-0.25, -0.2) is 0 Å². The summed E-state index contributed by atoms with van der Waals surface area (Å²) in [6.45, 7) is 16.1. The van der Waals surface area contributed by atoms with E-state index in [1.54, 1.807) is 0 Å². The van der Waals surface area contributed by atoms with Gasteiger partial charge in [0.2, 0.25) is 0 Å². The number of benzene rings is 7. The Labute approximate surface area is 339 Å². The van der Waals surface area contributed by atoms with Crippen molar-refractivity contribution in [3.63, 3.8) is 0 Å². The molecule has 0 aliphatic carbocycles. The summed E-state index contributed by atoms with van der Waals surface area (Å²) in [7, 11) is -0.787. The van der Waals surface area contributed by atoms with Crippen LogP contribution in [0.4, 0.5) is 5.69 Å². The molecule has 4 heteroatoms. The Morgan fingerprint density at radius 1 is 0.453 bits per heavy atom. The van der Waals surface area contributed by atoms with Crippen molar-refractivity contribution in [3.8, 4) is 0 Å². The molecule has 1 unspecified atom stereocenters. The van der Waals surface area contributed by atoms with Crippen LogP contribution < -0.4 is 10.6 Å². The first kappa shape index (κ1) is 42.6. The summed E-state index contributed by atoms with van der Waals surface area (Å²) >= 11 is 0. The summed E-state index contributed by atoms with van der Waals surface area (Å²) in [6.07, 6.45) is 0. The fourth-order valence-corrected chi connectivity index (χ4v) is 7.45. The van der Waals surface area contributed by atoms with Gasteiger partial charge in [-0.15, -0.1) is 48.6 Å². The van der Waals surface area contributed by atoms with Gasteiger partial charge in [-0.1, -0.05) is 152 Å². The molecule has 0 heterocycles. The van der Waals surface area contributed by atoms with E-state index < -0.39 is 7.92 Å². The van der Waals surface area contributed by atoms with Gasteiger partial charge in [0.25, 0.3) is 0 Å². The van der Waals surface area contributed by atoms with Crippen molar-refractivity contribution < 1.29 is 25.8 Å². The van der Waals surface area contributed by atoms with E-state index in [1.165, 1.54) is 27.3 Å². The van der Waals surface area contributed by atoms with Gasteiger partial charge in [0.1, 0.15) is 0 Å². The van der Waals surface area contributed by atoms with Crippen LogP contribution in [0.2, 0.25) is 0 Å². The Balaban J connectivity index is 0.000000275. The van der Waals surface area contributed by atoms with Crippen molar-refractivity contribution in [2.24, 2.45) is 0 Å². The van der Waals surface area contributed by atoms with Crippen molar-refractivity contribution in [2.75, 3.05) is 0 Å². The minimum absolute atomic E-state index is 0. The largest absolute Gasteiger partial charge is 0.695 e. The smallest absolute Gasteiger partial charge is 0 e. The molecule has 53 heavy (non-hydrogen) atoms. The van der Waals surface area contributed by atoms with E-state index in [4.69, 9.17) is 10.6 Å². The molecule has 1 atom stereocenters. The molecule has 0 N–H and O–H groups in total. The standard InChI is InChI=1S/C28H27N2P.3C7H7.Hf/c1-22-18-23(2)20-25(19-22)30-28(29-21-24-12-6-3-7-13-24)31(26-14-8-4-9-15-26)27-16-10-5-11-17-27;3*1-7-5-3-2-4-6-7;/h3-20,28H,21H2,1-2H3;3*2-6H,1H2;/q-2;3*-1;.